The number of rotatable bonds is 6. The molecule has 0 saturated heterocycles. The smallest absolute Gasteiger partial charge is 0.0346 e. The molecule has 1 aromatic carbocycles. The van der Waals surface area contributed by atoms with Crippen LogP contribution in [-0.2, 0) is 0 Å². The van der Waals surface area contributed by atoms with Crippen LogP contribution >= 0.6 is 0 Å². The van der Waals surface area contributed by atoms with E-state index in [1.54, 1.807) is 12.4 Å². The zero-order chi connectivity index (χ0) is 18.5. The number of pyridine rings is 2. The molecule has 0 radical (unpaired) electrons. The van der Waals surface area contributed by atoms with Crippen molar-refractivity contribution in [1.29, 1.82) is 0 Å². The maximum Gasteiger partial charge on any atom is 0.0346 e. The summed E-state index contributed by atoms with van der Waals surface area (Å²) in [4.78, 5) is 8.38. The Morgan fingerprint density at radius 2 is 0.923 bits per heavy atom. The van der Waals surface area contributed by atoms with Crippen LogP contribution < -0.4 is 0 Å². The molecule has 0 aliphatic carbocycles. The first-order valence-electron chi connectivity index (χ1n) is 8.30. The van der Waals surface area contributed by atoms with Gasteiger partial charge < -0.3 is 0 Å². The number of hydrogen-bond acceptors (Lipinski definition) is 2. The lowest BCUT2D eigenvalue weighted by Gasteiger charge is -2.16. The summed E-state index contributed by atoms with van der Waals surface area (Å²) in [7, 11) is 0. The lowest BCUT2D eigenvalue weighted by atomic mass is 9.88. The molecule has 26 heavy (non-hydrogen) atoms. The molecule has 0 spiro atoms. The van der Waals surface area contributed by atoms with Crippen molar-refractivity contribution in [3.8, 4) is 22.3 Å². The van der Waals surface area contributed by atoms with Crippen molar-refractivity contribution in [2.45, 2.75) is 0 Å². The zero-order valence-electron chi connectivity index (χ0n) is 14.7. The van der Waals surface area contributed by atoms with E-state index >= 15 is 0 Å². The van der Waals surface area contributed by atoms with Crippen LogP contribution in [0.25, 0.3) is 46.6 Å². The van der Waals surface area contributed by atoms with Gasteiger partial charge in [-0.25, -0.2) is 0 Å². The number of hydrogen-bond donors (Lipinski definition) is 0. The Bertz CT molecular complexity index is 929. The third kappa shape index (κ3) is 3.05. The molecule has 3 aromatic rings. The van der Waals surface area contributed by atoms with Gasteiger partial charge in [0.25, 0.3) is 0 Å². The minimum Gasteiger partial charge on any atom is -0.264 e. The fourth-order valence-corrected chi connectivity index (χ4v) is 3.07. The van der Waals surface area contributed by atoms with Crippen molar-refractivity contribution in [2.75, 3.05) is 0 Å². The molecular formula is C24H20N2. The molecule has 0 bridgehead atoms. The van der Waals surface area contributed by atoms with Gasteiger partial charge in [0.1, 0.15) is 0 Å². The zero-order valence-corrected chi connectivity index (χ0v) is 14.7. The Kier molecular flexibility index (Phi) is 5.04. The average molecular weight is 336 g/mol. The molecule has 0 N–H and O–H groups in total. The number of benzene rings is 1. The second kappa shape index (κ2) is 7.58. The molecule has 0 saturated carbocycles. The molecule has 0 amide bonds. The van der Waals surface area contributed by atoms with E-state index in [1.807, 2.05) is 48.8 Å². The summed E-state index contributed by atoms with van der Waals surface area (Å²) >= 11 is 0. The first-order valence-corrected chi connectivity index (χ1v) is 8.30. The largest absolute Gasteiger partial charge is 0.264 e. The summed E-state index contributed by atoms with van der Waals surface area (Å²) in [6.07, 6.45) is 14.6. The lowest BCUT2D eigenvalue weighted by molar-refractivity contribution is 1.31. The number of nitrogens with zero attached hydrogens (tertiary/aromatic N) is 2. The fraction of sp³-hybridized carbons (Fsp3) is 0. The molecule has 2 nitrogen and oxygen atoms in total. The Hall–Kier alpha value is -3.52. The molecular weight excluding hydrogens is 316 g/mol. The van der Waals surface area contributed by atoms with Crippen molar-refractivity contribution in [2.24, 2.45) is 0 Å². The van der Waals surface area contributed by atoms with E-state index in [0.717, 1.165) is 44.5 Å². The van der Waals surface area contributed by atoms with Crippen molar-refractivity contribution < 1.29 is 0 Å². The SMILES string of the molecule is C=Cc1cnccc1-c1cc(C=C)c(-c2ccncc2C=C)cc1C=C. The minimum atomic E-state index is 0.981. The van der Waals surface area contributed by atoms with Crippen LogP contribution in [0.3, 0.4) is 0 Å². The Morgan fingerprint density at radius 3 is 1.27 bits per heavy atom. The van der Waals surface area contributed by atoms with Gasteiger partial charge in [-0.05, 0) is 57.6 Å². The van der Waals surface area contributed by atoms with E-state index in [-0.39, 0.29) is 0 Å². The Balaban J connectivity index is 2.31. The highest BCUT2D eigenvalue weighted by molar-refractivity contribution is 5.89. The first-order chi connectivity index (χ1) is 12.7. The van der Waals surface area contributed by atoms with Crippen LogP contribution in [-0.4, -0.2) is 9.97 Å². The van der Waals surface area contributed by atoms with Gasteiger partial charge in [-0.2, -0.15) is 0 Å². The normalized spacial score (nSPS) is 10.2. The van der Waals surface area contributed by atoms with Crippen LogP contribution in [0, 0.1) is 0 Å². The summed E-state index contributed by atoms with van der Waals surface area (Å²) in [6.45, 7) is 15.8. The molecule has 2 aromatic heterocycles. The van der Waals surface area contributed by atoms with Crippen molar-refractivity contribution in [3.05, 3.63) is 97.6 Å². The molecule has 0 fully saturated rings. The third-order valence-corrected chi connectivity index (χ3v) is 4.39. The molecule has 0 atom stereocenters. The molecule has 0 unspecified atom stereocenters. The summed E-state index contributed by atoms with van der Waals surface area (Å²) in [6, 6.07) is 8.25. The molecule has 3 rings (SSSR count). The highest BCUT2D eigenvalue weighted by atomic mass is 14.6. The van der Waals surface area contributed by atoms with Gasteiger partial charge in [-0.15, -0.1) is 0 Å². The average Bonchev–Trinajstić information content (AvgIpc) is 2.72. The molecule has 0 aliphatic heterocycles. The van der Waals surface area contributed by atoms with E-state index in [0.29, 0.717) is 0 Å². The highest BCUT2D eigenvalue weighted by Crippen LogP contribution is 2.36. The maximum absolute atomic E-state index is 4.19. The maximum atomic E-state index is 4.19. The third-order valence-electron chi connectivity index (χ3n) is 4.39. The van der Waals surface area contributed by atoms with Gasteiger partial charge in [0.05, 0.1) is 0 Å². The van der Waals surface area contributed by atoms with Crippen molar-refractivity contribution in [1.82, 2.24) is 9.97 Å². The van der Waals surface area contributed by atoms with Gasteiger partial charge in [0, 0.05) is 35.9 Å². The van der Waals surface area contributed by atoms with Crippen molar-refractivity contribution >= 4 is 24.3 Å². The second-order valence-electron chi connectivity index (χ2n) is 5.77. The molecule has 2 heteroatoms. The predicted molar refractivity (Wildman–Crippen MR) is 113 cm³/mol. The van der Waals surface area contributed by atoms with Gasteiger partial charge in [-0.3, -0.25) is 9.97 Å². The van der Waals surface area contributed by atoms with Gasteiger partial charge in [-0.1, -0.05) is 50.6 Å². The van der Waals surface area contributed by atoms with Crippen molar-refractivity contribution in [3.63, 3.8) is 0 Å². The van der Waals surface area contributed by atoms with E-state index in [9.17, 15) is 0 Å². The van der Waals surface area contributed by atoms with Gasteiger partial charge in [0.2, 0.25) is 0 Å². The standard InChI is InChI=1S/C24H20N2/c1-5-17-13-24(22-10-12-26-16-20(22)8-4)18(6-2)14-23(17)21-9-11-25-15-19(21)7-3/h5-16H,1-4H2. The van der Waals surface area contributed by atoms with Crippen LogP contribution in [0.15, 0.2) is 75.4 Å². The monoisotopic (exact) mass is 336 g/mol. The summed E-state index contributed by atoms with van der Waals surface area (Å²) in [5.74, 6) is 0. The molecule has 2 heterocycles. The topological polar surface area (TPSA) is 25.8 Å². The second-order valence-corrected chi connectivity index (χ2v) is 5.77. The Morgan fingerprint density at radius 1 is 0.538 bits per heavy atom. The van der Waals surface area contributed by atoms with E-state index in [2.05, 4.69) is 48.4 Å². The van der Waals surface area contributed by atoms with Gasteiger partial charge in [0.15, 0.2) is 0 Å². The first kappa shape index (κ1) is 17.3. The van der Waals surface area contributed by atoms with Gasteiger partial charge >= 0.3 is 0 Å². The highest BCUT2D eigenvalue weighted by Gasteiger charge is 2.13. The lowest BCUT2D eigenvalue weighted by Crippen LogP contribution is -1.94. The fourth-order valence-electron chi connectivity index (χ4n) is 3.07. The van der Waals surface area contributed by atoms with E-state index < -0.39 is 0 Å². The van der Waals surface area contributed by atoms with Crippen LogP contribution in [0.2, 0.25) is 0 Å². The number of aromatic nitrogens is 2. The van der Waals surface area contributed by atoms with E-state index in [4.69, 9.17) is 0 Å². The Labute approximate surface area is 154 Å². The predicted octanol–water partition coefficient (Wildman–Crippen LogP) is 6.38. The molecule has 0 aliphatic rings. The molecule has 126 valence electrons. The minimum absolute atomic E-state index is 0.981. The summed E-state index contributed by atoms with van der Waals surface area (Å²) in [5, 5.41) is 0. The van der Waals surface area contributed by atoms with Crippen LogP contribution in [0.1, 0.15) is 22.3 Å². The summed E-state index contributed by atoms with van der Waals surface area (Å²) < 4.78 is 0. The van der Waals surface area contributed by atoms with Crippen LogP contribution in [0.4, 0.5) is 0 Å². The quantitative estimate of drug-likeness (QED) is 0.522. The van der Waals surface area contributed by atoms with Crippen LogP contribution in [0.5, 0.6) is 0 Å². The summed E-state index contributed by atoms with van der Waals surface area (Å²) in [5.41, 5.74) is 8.31. The van der Waals surface area contributed by atoms with E-state index in [1.165, 1.54) is 0 Å².